The Labute approximate surface area is 202 Å². The average molecular weight is 477 g/mol. The maximum Gasteiger partial charge on any atom is 0.246 e. The summed E-state index contributed by atoms with van der Waals surface area (Å²) in [5.74, 6) is 0.486. The third kappa shape index (κ3) is 9.92. The maximum absolute atomic E-state index is 13.0. The molecule has 0 saturated carbocycles. The van der Waals surface area contributed by atoms with Gasteiger partial charge in [-0.2, -0.15) is 0 Å². The number of aliphatic imine (C=N–C) groups is 1. The van der Waals surface area contributed by atoms with Crippen LogP contribution in [0, 0.1) is 0 Å². The van der Waals surface area contributed by atoms with Gasteiger partial charge in [0.05, 0.1) is 25.9 Å². The summed E-state index contributed by atoms with van der Waals surface area (Å²) in [5.41, 5.74) is 6.79. The number of unbranched alkanes of at least 4 members (excludes halogenated alkanes) is 3. The van der Waals surface area contributed by atoms with Gasteiger partial charge in [-0.25, -0.2) is 5.06 Å². The van der Waals surface area contributed by atoms with Gasteiger partial charge < -0.3 is 20.5 Å². The van der Waals surface area contributed by atoms with Gasteiger partial charge in [-0.3, -0.25) is 24.5 Å². The third-order valence-electron chi connectivity index (χ3n) is 6.04. The first kappa shape index (κ1) is 26.3. The molecule has 2 aliphatic heterocycles. The van der Waals surface area contributed by atoms with Gasteiger partial charge in [0.2, 0.25) is 5.91 Å². The fourth-order valence-corrected chi connectivity index (χ4v) is 4.07. The van der Waals surface area contributed by atoms with Crippen molar-refractivity contribution in [3.05, 3.63) is 24.5 Å². The summed E-state index contributed by atoms with van der Waals surface area (Å²) < 4.78 is 10.9. The van der Waals surface area contributed by atoms with Crippen molar-refractivity contribution in [1.29, 1.82) is 0 Å². The van der Waals surface area contributed by atoms with Gasteiger partial charge in [0.1, 0.15) is 0 Å². The fraction of sp³-hybridized carbons (Fsp3) is 0.708. The number of amides is 1. The Hall–Kier alpha value is -2.27. The molecule has 0 aliphatic carbocycles. The zero-order valence-electron chi connectivity index (χ0n) is 20.2. The molecule has 10 nitrogen and oxygen atoms in total. The van der Waals surface area contributed by atoms with E-state index in [1.165, 1.54) is 0 Å². The number of nitrogens with two attached hydrogens (primary N) is 1. The molecule has 2 fully saturated rings. The second-order valence-electron chi connectivity index (χ2n) is 8.64. The molecule has 0 aromatic carbocycles. The molecule has 3 N–H and O–H groups in total. The van der Waals surface area contributed by atoms with Crippen LogP contribution in [0.2, 0.25) is 0 Å². The van der Waals surface area contributed by atoms with E-state index in [0.29, 0.717) is 38.7 Å². The Morgan fingerprint density at radius 3 is 2.59 bits per heavy atom. The van der Waals surface area contributed by atoms with Gasteiger partial charge in [-0.1, -0.05) is 12.8 Å². The van der Waals surface area contributed by atoms with Crippen LogP contribution in [0.3, 0.4) is 0 Å². The number of anilines is 1. The highest BCUT2D eigenvalue weighted by Crippen LogP contribution is 2.17. The summed E-state index contributed by atoms with van der Waals surface area (Å²) in [6.45, 7) is 6.74. The molecule has 0 atom stereocenters. The Kier molecular flexibility index (Phi) is 12.1. The van der Waals surface area contributed by atoms with E-state index in [-0.39, 0.29) is 11.9 Å². The van der Waals surface area contributed by atoms with Crippen molar-refractivity contribution in [2.75, 3.05) is 64.5 Å². The Bertz CT molecular complexity index is 723. The van der Waals surface area contributed by atoms with Crippen LogP contribution in [-0.4, -0.2) is 92.1 Å². The van der Waals surface area contributed by atoms with Gasteiger partial charge >= 0.3 is 0 Å². The van der Waals surface area contributed by atoms with Crippen molar-refractivity contribution in [2.45, 2.75) is 51.0 Å². The number of pyridine rings is 1. The van der Waals surface area contributed by atoms with Crippen LogP contribution in [-0.2, 0) is 19.1 Å². The Morgan fingerprint density at radius 2 is 1.82 bits per heavy atom. The largest absolute Gasteiger partial charge is 0.381 e. The number of hydrogen-bond acceptors (Lipinski definition) is 7. The summed E-state index contributed by atoms with van der Waals surface area (Å²) in [6, 6.07) is 3.79. The molecule has 190 valence electrons. The Morgan fingerprint density at radius 1 is 1.12 bits per heavy atom. The Balaban J connectivity index is 1.31. The van der Waals surface area contributed by atoms with Crippen molar-refractivity contribution in [3.63, 3.8) is 0 Å². The predicted molar refractivity (Wildman–Crippen MR) is 131 cm³/mol. The minimum absolute atomic E-state index is 0.0812. The first-order chi connectivity index (χ1) is 16.7. The van der Waals surface area contributed by atoms with E-state index < -0.39 is 0 Å². The number of guanidine groups is 1. The van der Waals surface area contributed by atoms with Crippen LogP contribution < -0.4 is 11.1 Å². The molecular formula is C24H40N6O4. The summed E-state index contributed by atoms with van der Waals surface area (Å²) in [5, 5.41) is 4.70. The SMILES string of the molecule is NC(=NCCCCCCC(=O)N(OCCN1CCOCC1)C1CCOCC1)Nc1ccncc1. The van der Waals surface area contributed by atoms with E-state index in [4.69, 9.17) is 20.0 Å². The summed E-state index contributed by atoms with van der Waals surface area (Å²) in [6.07, 6.45) is 9.34. The second kappa shape index (κ2) is 15.6. The number of nitrogens with zero attached hydrogens (tertiary/aromatic N) is 4. The van der Waals surface area contributed by atoms with E-state index in [1.54, 1.807) is 17.5 Å². The quantitative estimate of drug-likeness (QED) is 0.192. The topological polar surface area (TPSA) is 115 Å². The summed E-state index contributed by atoms with van der Waals surface area (Å²) in [7, 11) is 0. The zero-order chi connectivity index (χ0) is 23.8. The van der Waals surface area contributed by atoms with Crippen LogP contribution in [0.15, 0.2) is 29.5 Å². The van der Waals surface area contributed by atoms with Crippen LogP contribution in [0.1, 0.15) is 44.9 Å². The highest BCUT2D eigenvalue weighted by Gasteiger charge is 2.27. The predicted octanol–water partition coefficient (Wildman–Crippen LogP) is 2.03. The van der Waals surface area contributed by atoms with Gasteiger partial charge in [0, 0.05) is 63.9 Å². The van der Waals surface area contributed by atoms with E-state index >= 15 is 0 Å². The molecule has 3 rings (SSSR count). The first-order valence-electron chi connectivity index (χ1n) is 12.5. The maximum atomic E-state index is 13.0. The van der Waals surface area contributed by atoms with Crippen molar-refractivity contribution < 1.29 is 19.1 Å². The summed E-state index contributed by atoms with van der Waals surface area (Å²) >= 11 is 0. The molecular weight excluding hydrogens is 436 g/mol. The van der Waals surface area contributed by atoms with Crippen molar-refractivity contribution in [1.82, 2.24) is 14.9 Å². The van der Waals surface area contributed by atoms with E-state index in [0.717, 1.165) is 77.1 Å². The molecule has 1 aromatic heterocycles. The number of carbonyl (C=O) groups is 1. The zero-order valence-corrected chi connectivity index (χ0v) is 20.2. The number of carbonyl (C=O) groups excluding carboxylic acids is 1. The van der Waals surface area contributed by atoms with Crippen LogP contribution >= 0.6 is 0 Å². The monoisotopic (exact) mass is 476 g/mol. The van der Waals surface area contributed by atoms with Crippen molar-refractivity contribution >= 4 is 17.6 Å². The van der Waals surface area contributed by atoms with Crippen molar-refractivity contribution in [2.24, 2.45) is 10.7 Å². The number of ether oxygens (including phenoxy) is 2. The lowest BCUT2D eigenvalue weighted by Crippen LogP contribution is -2.45. The standard InChI is InChI=1S/C24H40N6O4/c25-24(28-21-6-11-26-12-7-21)27-10-4-2-1-3-5-23(31)30(22-8-16-32-17-9-22)34-20-15-29-13-18-33-19-14-29/h6-7,11-12,22H,1-5,8-10,13-20H2,(H3,25,26,27,28). The molecule has 1 aromatic rings. The molecule has 0 spiro atoms. The molecule has 10 heteroatoms. The number of hydrogen-bond donors (Lipinski definition) is 2. The fourth-order valence-electron chi connectivity index (χ4n) is 4.07. The number of hydroxylamine groups is 2. The highest BCUT2D eigenvalue weighted by atomic mass is 16.7. The number of aromatic nitrogens is 1. The van der Waals surface area contributed by atoms with Gasteiger partial charge in [-0.05, 0) is 37.8 Å². The van der Waals surface area contributed by atoms with E-state index in [2.05, 4.69) is 20.2 Å². The van der Waals surface area contributed by atoms with Gasteiger partial charge in [0.15, 0.2) is 5.96 Å². The lowest BCUT2D eigenvalue weighted by Gasteiger charge is -2.34. The highest BCUT2D eigenvalue weighted by molar-refractivity contribution is 5.92. The average Bonchev–Trinajstić information content (AvgIpc) is 2.87. The lowest BCUT2D eigenvalue weighted by atomic mass is 10.1. The molecule has 1 amide bonds. The minimum atomic E-state index is 0.0812. The third-order valence-corrected chi connectivity index (χ3v) is 6.04. The molecule has 2 aliphatic rings. The van der Waals surface area contributed by atoms with E-state index in [1.807, 2.05) is 12.1 Å². The minimum Gasteiger partial charge on any atom is -0.381 e. The van der Waals surface area contributed by atoms with Crippen LogP contribution in [0.4, 0.5) is 5.69 Å². The van der Waals surface area contributed by atoms with Crippen molar-refractivity contribution in [3.8, 4) is 0 Å². The van der Waals surface area contributed by atoms with Gasteiger partial charge in [-0.15, -0.1) is 0 Å². The van der Waals surface area contributed by atoms with E-state index in [9.17, 15) is 4.79 Å². The number of nitrogens with one attached hydrogen (secondary N) is 1. The lowest BCUT2D eigenvalue weighted by molar-refractivity contribution is -0.210. The molecule has 34 heavy (non-hydrogen) atoms. The smallest absolute Gasteiger partial charge is 0.246 e. The second-order valence-corrected chi connectivity index (χ2v) is 8.64. The summed E-state index contributed by atoms with van der Waals surface area (Å²) in [4.78, 5) is 29.6. The molecule has 2 saturated heterocycles. The van der Waals surface area contributed by atoms with Crippen LogP contribution in [0.5, 0.6) is 0 Å². The number of morpholine rings is 1. The molecule has 3 heterocycles. The first-order valence-corrected chi connectivity index (χ1v) is 12.5. The normalized spacial score (nSPS) is 18.1. The van der Waals surface area contributed by atoms with Crippen LogP contribution in [0.25, 0.3) is 0 Å². The molecule has 0 bridgehead atoms. The van der Waals surface area contributed by atoms with Gasteiger partial charge in [0.25, 0.3) is 0 Å². The molecule has 0 unspecified atom stereocenters. The number of rotatable bonds is 13. The molecule has 0 radical (unpaired) electrons.